The van der Waals surface area contributed by atoms with Gasteiger partial charge in [-0.3, -0.25) is 9.78 Å². The average Bonchev–Trinajstić information content (AvgIpc) is 3.40. The number of hydrogen-bond acceptors (Lipinski definition) is 5. The molecule has 168 valence electrons. The summed E-state index contributed by atoms with van der Waals surface area (Å²) in [6, 6.07) is 21.4. The molecule has 2 aliphatic heterocycles. The van der Waals surface area contributed by atoms with Crippen molar-refractivity contribution in [2.24, 2.45) is 11.7 Å². The Kier molecular flexibility index (Phi) is 5.90. The summed E-state index contributed by atoms with van der Waals surface area (Å²) in [5, 5.41) is 0. The van der Waals surface area contributed by atoms with E-state index in [4.69, 9.17) is 5.73 Å². The Bertz CT molecular complexity index is 1140. The summed E-state index contributed by atoms with van der Waals surface area (Å²) in [6.07, 6.45) is 4.00. The van der Waals surface area contributed by atoms with Crippen LogP contribution in [0.1, 0.15) is 35.3 Å². The van der Waals surface area contributed by atoms with Crippen LogP contribution >= 0.6 is 0 Å². The molecule has 2 saturated heterocycles. The number of nitrogens with zero attached hydrogens (tertiary/aromatic N) is 2. The quantitative estimate of drug-likeness (QED) is 0.544. The number of nitrogens with two attached hydrogens (primary N) is 1. The summed E-state index contributed by atoms with van der Waals surface area (Å²) in [4.78, 5) is 20.0. The van der Waals surface area contributed by atoms with Crippen LogP contribution in [0.5, 0.6) is 0 Å². The van der Waals surface area contributed by atoms with Gasteiger partial charge in [-0.1, -0.05) is 48.5 Å². The molecular formula is C26H26FN5O. The number of halogens is 1. The smallest absolute Gasteiger partial charge is 0.242 e. The third kappa shape index (κ3) is 4.01. The van der Waals surface area contributed by atoms with Crippen molar-refractivity contribution >= 4 is 11.5 Å². The zero-order valence-electron chi connectivity index (χ0n) is 18.1. The SMILES string of the molecule is N/C=C(\CCN1C(=O)C2NNC(c3ccc(F)cc3)C2C1c1ccccn1)c1ccccc1. The highest BCUT2D eigenvalue weighted by Crippen LogP contribution is 2.46. The Balaban J connectivity index is 1.46. The molecule has 3 aromatic rings. The summed E-state index contributed by atoms with van der Waals surface area (Å²) in [7, 11) is 0. The van der Waals surface area contributed by atoms with Gasteiger partial charge in [0.1, 0.15) is 11.9 Å². The van der Waals surface area contributed by atoms with Crippen LogP contribution in [0.15, 0.2) is 85.2 Å². The van der Waals surface area contributed by atoms with E-state index in [1.807, 2.05) is 53.4 Å². The second-order valence-corrected chi connectivity index (χ2v) is 8.41. The van der Waals surface area contributed by atoms with E-state index in [0.29, 0.717) is 13.0 Å². The average molecular weight is 444 g/mol. The monoisotopic (exact) mass is 443 g/mol. The predicted octanol–water partition coefficient (Wildman–Crippen LogP) is 3.33. The van der Waals surface area contributed by atoms with E-state index in [0.717, 1.165) is 22.4 Å². The number of carbonyl (C=O) groups is 1. The number of benzene rings is 2. The molecule has 4 N–H and O–H groups in total. The minimum Gasteiger partial charge on any atom is -0.404 e. The lowest BCUT2D eigenvalue weighted by atomic mass is 9.85. The number of hydrazine groups is 1. The van der Waals surface area contributed by atoms with Crippen molar-refractivity contribution in [3.8, 4) is 0 Å². The van der Waals surface area contributed by atoms with Crippen LogP contribution in [-0.4, -0.2) is 28.4 Å². The predicted molar refractivity (Wildman–Crippen MR) is 125 cm³/mol. The van der Waals surface area contributed by atoms with Crippen LogP contribution in [0.3, 0.4) is 0 Å². The minimum absolute atomic E-state index is 0.0252. The fourth-order valence-corrected chi connectivity index (χ4v) is 5.03. The van der Waals surface area contributed by atoms with Crippen molar-refractivity contribution in [3.63, 3.8) is 0 Å². The molecule has 2 fully saturated rings. The summed E-state index contributed by atoms with van der Waals surface area (Å²) in [6.45, 7) is 0.517. The van der Waals surface area contributed by atoms with Crippen LogP contribution in [-0.2, 0) is 4.79 Å². The van der Waals surface area contributed by atoms with E-state index >= 15 is 0 Å². The molecule has 4 atom stereocenters. The topological polar surface area (TPSA) is 83.3 Å². The van der Waals surface area contributed by atoms with Crippen molar-refractivity contribution in [1.29, 1.82) is 0 Å². The first-order chi connectivity index (χ1) is 16.2. The van der Waals surface area contributed by atoms with Crippen molar-refractivity contribution in [2.45, 2.75) is 24.5 Å². The summed E-state index contributed by atoms with van der Waals surface area (Å²) in [5.74, 6) is -0.356. The van der Waals surface area contributed by atoms with E-state index in [9.17, 15) is 9.18 Å². The van der Waals surface area contributed by atoms with E-state index in [-0.39, 0.29) is 29.7 Å². The number of carbonyl (C=O) groups excluding carboxylic acids is 1. The Morgan fingerprint density at radius 3 is 2.42 bits per heavy atom. The second-order valence-electron chi connectivity index (χ2n) is 8.41. The standard InChI is InChI=1S/C26H26FN5O/c27-20-11-9-18(10-12-20)23-22-24(31-30-23)26(33)32(25(22)21-8-4-5-14-29-21)15-13-19(16-28)17-6-2-1-3-7-17/h1-12,14,16,22-25,30-31H,13,15,28H2/b19-16+. The zero-order valence-corrected chi connectivity index (χ0v) is 18.1. The lowest BCUT2D eigenvalue weighted by molar-refractivity contribution is -0.130. The fourth-order valence-electron chi connectivity index (χ4n) is 5.03. The summed E-state index contributed by atoms with van der Waals surface area (Å²) >= 11 is 0. The van der Waals surface area contributed by atoms with Gasteiger partial charge in [0, 0.05) is 18.7 Å². The van der Waals surface area contributed by atoms with Crippen molar-refractivity contribution < 1.29 is 9.18 Å². The van der Waals surface area contributed by atoms with Crippen LogP contribution in [0.25, 0.3) is 5.57 Å². The first-order valence-electron chi connectivity index (χ1n) is 11.1. The maximum absolute atomic E-state index is 13.5. The zero-order chi connectivity index (χ0) is 22.8. The maximum atomic E-state index is 13.5. The number of amides is 1. The molecule has 0 saturated carbocycles. The molecule has 0 bridgehead atoms. The lowest BCUT2D eigenvalue weighted by Crippen LogP contribution is -2.41. The van der Waals surface area contributed by atoms with Gasteiger partial charge in [-0.2, -0.15) is 0 Å². The van der Waals surface area contributed by atoms with Gasteiger partial charge >= 0.3 is 0 Å². The van der Waals surface area contributed by atoms with Gasteiger partial charge in [-0.05, 0) is 53.6 Å². The molecule has 5 rings (SSSR count). The molecule has 7 heteroatoms. The summed E-state index contributed by atoms with van der Waals surface area (Å²) < 4.78 is 13.5. The third-order valence-corrected chi connectivity index (χ3v) is 6.60. The van der Waals surface area contributed by atoms with E-state index in [2.05, 4.69) is 15.8 Å². The molecule has 6 nitrogen and oxygen atoms in total. The number of rotatable bonds is 6. The van der Waals surface area contributed by atoms with Crippen LogP contribution in [0, 0.1) is 11.7 Å². The van der Waals surface area contributed by atoms with Crippen molar-refractivity contribution in [1.82, 2.24) is 20.7 Å². The van der Waals surface area contributed by atoms with Crippen LogP contribution in [0.2, 0.25) is 0 Å². The third-order valence-electron chi connectivity index (χ3n) is 6.60. The highest BCUT2D eigenvalue weighted by molar-refractivity contribution is 5.86. The Hall–Kier alpha value is -3.55. The van der Waals surface area contributed by atoms with Crippen molar-refractivity contribution in [2.75, 3.05) is 6.54 Å². The molecule has 2 aromatic carbocycles. The molecule has 3 heterocycles. The number of nitrogens with one attached hydrogen (secondary N) is 2. The van der Waals surface area contributed by atoms with E-state index < -0.39 is 6.04 Å². The van der Waals surface area contributed by atoms with Gasteiger partial charge in [-0.15, -0.1) is 0 Å². The second kappa shape index (κ2) is 9.13. The van der Waals surface area contributed by atoms with E-state index in [1.54, 1.807) is 24.5 Å². The Morgan fingerprint density at radius 1 is 1.00 bits per heavy atom. The highest BCUT2D eigenvalue weighted by atomic mass is 19.1. The Labute approximate surface area is 192 Å². The summed E-state index contributed by atoms with van der Waals surface area (Å²) in [5.41, 5.74) is 16.2. The number of fused-ring (bicyclic) bond motifs is 1. The van der Waals surface area contributed by atoms with Crippen LogP contribution in [0.4, 0.5) is 4.39 Å². The maximum Gasteiger partial charge on any atom is 0.242 e. The van der Waals surface area contributed by atoms with Crippen molar-refractivity contribution in [3.05, 3.63) is 108 Å². The number of hydrogen-bond donors (Lipinski definition) is 3. The van der Waals surface area contributed by atoms with E-state index in [1.165, 1.54) is 12.1 Å². The number of aromatic nitrogens is 1. The van der Waals surface area contributed by atoms with Gasteiger partial charge in [-0.25, -0.2) is 15.2 Å². The van der Waals surface area contributed by atoms with Gasteiger partial charge < -0.3 is 10.6 Å². The van der Waals surface area contributed by atoms with Gasteiger partial charge in [0.15, 0.2) is 0 Å². The first-order valence-corrected chi connectivity index (χ1v) is 11.1. The van der Waals surface area contributed by atoms with Gasteiger partial charge in [0.2, 0.25) is 5.91 Å². The van der Waals surface area contributed by atoms with Gasteiger partial charge in [0.05, 0.1) is 17.8 Å². The number of pyridine rings is 1. The minimum atomic E-state index is -0.394. The normalized spacial score (nSPS) is 24.8. The van der Waals surface area contributed by atoms with Gasteiger partial charge in [0.25, 0.3) is 0 Å². The molecule has 1 aromatic heterocycles. The Morgan fingerprint density at radius 2 is 1.73 bits per heavy atom. The molecular weight excluding hydrogens is 417 g/mol. The largest absolute Gasteiger partial charge is 0.404 e. The molecule has 0 aliphatic carbocycles. The highest BCUT2D eigenvalue weighted by Gasteiger charge is 2.55. The molecule has 1 amide bonds. The fraction of sp³-hybridized carbons (Fsp3) is 0.231. The first kappa shape index (κ1) is 21.3. The number of likely N-dealkylation sites (tertiary alicyclic amines) is 1. The molecule has 0 spiro atoms. The molecule has 2 aliphatic rings. The lowest BCUT2D eigenvalue weighted by Gasteiger charge is -2.30. The molecule has 4 unspecified atom stereocenters. The van der Waals surface area contributed by atoms with Crippen LogP contribution < -0.4 is 16.6 Å². The molecule has 0 radical (unpaired) electrons. The molecule has 33 heavy (non-hydrogen) atoms.